The van der Waals surface area contributed by atoms with Crippen molar-refractivity contribution in [3.05, 3.63) is 59.7 Å². The molecule has 1 N–H and O–H groups in total. The maximum Gasteiger partial charge on any atom is 0.241 e. The van der Waals surface area contributed by atoms with Crippen molar-refractivity contribution in [2.75, 3.05) is 19.0 Å². The Balaban J connectivity index is 1.96. The number of carbonyl (C=O) groups excluding carboxylic acids is 1. The van der Waals surface area contributed by atoms with E-state index in [-0.39, 0.29) is 11.6 Å². The smallest absolute Gasteiger partial charge is 0.241 e. The van der Waals surface area contributed by atoms with Crippen LogP contribution < -0.4 is 10.1 Å². The molecule has 0 spiro atoms. The number of amides is 1. The summed E-state index contributed by atoms with van der Waals surface area (Å²) in [6.45, 7) is 4.81. The third kappa shape index (κ3) is 5.26. The summed E-state index contributed by atoms with van der Waals surface area (Å²) in [6, 6.07) is 10.2. The van der Waals surface area contributed by atoms with E-state index < -0.39 is 17.7 Å². The maximum atomic E-state index is 13.6. The van der Waals surface area contributed by atoms with Crippen LogP contribution >= 0.6 is 0 Å². The van der Waals surface area contributed by atoms with Crippen LogP contribution in [-0.2, 0) is 11.3 Å². The van der Waals surface area contributed by atoms with Crippen molar-refractivity contribution >= 4 is 11.6 Å². The Bertz CT molecular complexity index is 720. The largest absolute Gasteiger partial charge is 0.494 e. The van der Waals surface area contributed by atoms with Gasteiger partial charge in [-0.15, -0.1) is 0 Å². The van der Waals surface area contributed by atoms with Gasteiger partial charge in [-0.2, -0.15) is 0 Å². The van der Waals surface area contributed by atoms with Gasteiger partial charge in [0.05, 0.1) is 18.3 Å². The van der Waals surface area contributed by atoms with Crippen LogP contribution in [0, 0.1) is 11.6 Å². The fraction of sp³-hybridized carbons (Fsp3) is 0.316. The normalized spacial score (nSPS) is 12.1. The molecule has 2 aromatic rings. The van der Waals surface area contributed by atoms with Crippen molar-refractivity contribution in [2.45, 2.75) is 26.4 Å². The van der Waals surface area contributed by atoms with E-state index in [9.17, 15) is 13.6 Å². The van der Waals surface area contributed by atoms with E-state index in [1.807, 2.05) is 43.1 Å². The second kappa shape index (κ2) is 8.58. The number of anilines is 1. The average molecular weight is 348 g/mol. The molecule has 4 nitrogen and oxygen atoms in total. The van der Waals surface area contributed by atoms with Gasteiger partial charge in [0.15, 0.2) is 0 Å². The minimum atomic E-state index is -0.797. The Hall–Kier alpha value is -2.47. The molecule has 0 saturated carbocycles. The van der Waals surface area contributed by atoms with Crippen LogP contribution in [0.1, 0.15) is 19.4 Å². The fourth-order valence-electron chi connectivity index (χ4n) is 2.31. The van der Waals surface area contributed by atoms with Crippen molar-refractivity contribution in [1.29, 1.82) is 0 Å². The van der Waals surface area contributed by atoms with Crippen molar-refractivity contribution in [3.63, 3.8) is 0 Å². The molecule has 0 fully saturated rings. The first-order valence-corrected chi connectivity index (χ1v) is 8.08. The number of hydrogen-bond donors (Lipinski definition) is 1. The second-order valence-corrected chi connectivity index (χ2v) is 5.78. The minimum absolute atomic E-state index is 0.0345. The molecule has 2 rings (SSSR count). The number of ether oxygens (including phenoxy) is 1. The molecule has 0 aliphatic carbocycles. The van der Waals surface area contributed by atoms with Crippen LogP contribution in [0.3, 0.4) is 0 Å². The molecule has 6 heteroatoms. The molecule has 1 amide bonds. The third-order valence-corrected chi connectivity index (χ3v) is 3.90. The van der Waals surface area contributed by atoms with Gasteiger partial charge in [-0.3, -0.25) is 9.69 Å². The predicted octanol–water partition coefficient (Wildman–Crippen LogP) is 3.82. The van der Waals surface area contributed by atoms with Gasteiger partial charge in [0.2, 0.25) is 5.91 Å². The molecule has 0 bridgehead atoms. The van der Waals surface area contributed by atoms with Gasteiger partial charge in [0.25, 0.3) is 0 Å². The predicted molar refractivity (Wildman–Crippen MR) is 93.5 cm³/mol. The Labute approximate surface area is 146 Å². The molecular weight excluding hydrogens is 326 g/mol. The number of nitrogens with zero attached hydrogens (tertiary/aromatic N) is 1. The fourth-order valence-corrected chi connectivity index (χ4v) is 2.31. The molecule has 0 saturated heterocycles. The highest BCUT2D eigenvalue weighted by Crippen LogP contribution is 2.17. The first-order chi connectivity index (χ1) is 11.9. The zero-order valence-corrected chi connectivity index (χ0v) is 14.6. The van der Waals surface area contributed by atoms with Crippen LogP contribution in [0.2, 0.25) is 0 Å². The Morgan fingerprint density at radius 3 is 2.48 bits per heavy atom. The number of hydrogen-bond acceptors (Lipinski definition) is 3. The average Bonchev–Trinajstić information content (AvgIpc) is 2.58. The van der Waals surface area contributed by atoms with Gasteiger partial charge in [-0.25, -0.2) is 8.78 Å². The Morgan fingerprint density at radius 1 is 1.20 bits per heavy atom. The summed E-state index contributed by atoms with van der Waals surface area (Å²) in [5, 5.41) is 2.49. The van der Waals surface area contributed by atoms with Crippen molar-refractivity contribution < 1.29 is 18.3 Å². The Kier molecular flexibility index (Phi) is 6.47. The quantitative estimate of drug-likeness (QED) is 0.827. The molecule has 1 atom stereocenters. The topological polar surface area (TPSA) is 41.6 Å². The Morgan fingerprint density at radius 2 is 1.88 bits per heavy atom. The zero-order valence-electron chi connectivity index (χ0n) is 14.6. The van der Waals surface area contributed by atoms with E-state index in [2.05, 4.69) is 5.32 Å². The lowest BCUT2D eigenvalue weighted by Crippen LogP contribution is -2.39. The summed E-state index contributed by atoms with van der Waals surface area (Å²) in [5.74, 6) is -1.05. The number of nitrogens with one attached hydrogen (secondary N) is 1. The summed E-state index contributed by atoms with van der Waals surface area (Å²) in [6.07, 6.45) is 0. The number of rotatable bonds is 7. The van der Waals surface area contributed by atoms with Gasteiger partial charge in [-0.1, -0.05) is 12.1 Å². The molecule has 0 aromatic heterocycles. The van der Waals surface area contributed by atoms with E-state index in [1.54, 1.807) is 6.92 Å². The second-order valence-electron chi connectivity index (χ2n) is 5.78. The monoisotopic (exact) mass is 348 g/mol. The number of benzene rings is 2. The zero-order chi connectivity index (χ0) is 18.4. The highest BCUT2D eigenvalue weighted by atomic mass is 19.1. The number of carbonyl (C=O) groups is 1. The lowest BCUT2D eigenvalue weighted by molar-refractivity contribution is -0.120. The highest BCUT2D eigenvalue weighted by molar-refractivity contribution is 5.94. The molecule has 134 valence electrons. The maximum absolute atomic E-state index is 13.6. The first-order valence-electron chi connectivity index (χ1n) is 8.08. The van der Waals surface area contributed by atoms with Crippen molar-refractivity contribution in [3.8, 4) is 5.75 Å². The molecule has 0 unspecified atom stereocenters. The summed E-state index contributed by atoms with van der Waals surface area (Å²) >= 11 is 0. The van der Waals surface area contributed by atoms with Gasteiger partial charge in [0.1, 0.15) is 17.4 Å². The van der Waals surface area contributed by atoms with E-state index in [0.717, 1.165) is 23.4 Å². The van der Waals surface area contributed by atoms with Gasteiger partial charge in [-0.05, 0) is 50.7 Å². The van der Waals surface area contributed by atoms with Gasteiger partial charge >= 0.3 is 0 Å². The summed E-state index contributed by atoms with van der Waals surface area (Å²) in [5.41, 5.74) is 0.992. The van der Waals surface area contributed by atoms with Crippen LogP contribution in [0.4, 0.5) is 14.5 Å². The van der Waals surface area contributed by atoms with Gasteiger partial charge in [0, 0.05) is 12.6 Å². The molecular formula is C19H22F2N2O2. The van der Waals surface area contributed by atoms with Crippen LogP contribution in [0.15, 0.2) is 42.5 Å². The summed E-state index contributed by atoms with van der Waals surface area (Å²) in [7, 11) is 1.81. The first kappa shape index (κ1) is 18.9. The summed E-state index contributed by atoms with van der Waals surface area (Å²) in [4.78, 5) is 14.1. The van der Waals surface area contributed by atoms with Crippen LogP contribution in [0.25, 0.3) is 0 Å². The van der Waals surface area contributed by atoms with E-state index >= 15 is 0 Å². The van der Waals surface area contributed by atoms with E-state index in [0.29, 0.717) is 13.2 Å². The summed E-state index contributed by atoms with van der Waals surface area (Å²) < 4.78 is 32.0. The minimum Gasteiger partial charge on any atom is -0.494 e. The molecule has 0 aliphatic heterocycles. The van der Waals surface area contributed by atoms with Crippen molar-refractivity contribution in [1.82, 2.24) is 4.90 Å². The number of likely N-dealkylation sites (N-methyl/N-ethyl adjacent to an activating group) is 1. The van der Waals surface area contributed by atoms with E-state index in [4.69, 9.17) is 4.74 Å². The standard InChI is InChI=1S/C19H22F2N2O2/c1-4-25-16-8-5-14(6-9-16)12-23(3)13(2)19(24)22-18-10-7-15(20)11-17(18)21/h5-11,13H,4,12H2,1-3H3,(H,22,24)/t13-/m1/s1. The molecule has 0 heterocycles. The van der Waals surface area contributed by atoms with Crippen LogP contribution in [-0.4, -0.2) is 30.5 Å². The molecule has 0 aliphatic rings. The molecule has 2 aromatic carbocycles. The van der Waals surface area contributed by atoms with Gasteiger partial charge < -0.3 is 10.1 Å². The highest BCUT2D eigenvalue weighted by Gasteiger charge is 2.19. The third-order valence-electron chi connectivity index (χ3n) is 3.90. The molecule has 0 radical (unpaired) electrons. The number of halogens is 2. The SMILES string of the molecule is CCOc1ccc(CN(C)[C@H](C)C(=O)Nc2ccc(F)cc2F)cc1. The van der Waals surface area contributed by atoms with E-state index in [1.165, 1.54) is 6.07 Å². The lowest BCUT2D eigenvalue weighted by Gasteiger charge is -2.24. The molecule has 25 heavy (non-hydrogen) atoms. The van der Waals surface area contributed by atoms with Crippen LogP contribution in [0.5, 0.6) is 5.75 Å². The lowest BCUT2D eigenvalue weighted by atomic mass is 10.1. The van der Waals surface area contributed by atoms with Crippen molar-refractivity contribution in [2.24, 2.45) is 0 Å².